The quantitative estimate of drug-likeness (QED) is 0.840. The third-order valence-electron chi connectivity index (χ3n) is 5.93. The molecule has 2 bridgehead atoms. The molecule has 3 rings (SSSR count). The molecule has 1 amide bonds. The minimum Gasteiger partial charge on any atom is -0.550 e. The van der Waals surface area contributed by atoms with Crippen LogP contribution in [0.3, 0.4) is 0 Å². The number of rotatable bonds is 3. The Morgan fingerprint density at radius 2 is 1.65 bits per heavy atom. The molecule has 3 saturated carbocycles. The topological polar surface area (TPSA) is 69.2 Å². The number of carboxylic acids is 1. The van der Waals surface area contributed by atoms with Crippen LogP contribution in [0.4, 0.5) is 0 Å². The van der Waals surface area contributed by atoms with Crippen LogP contribution in [0, 0.1) is 29.6 Å². The Hall–Kier alpha value is -1.06. The zero-order valence-electron chi connectivity index (χ0n) is 12.1. The van der Waals surface area contributed by atoms with Crippen LogP contribution in [0.15, 0.2) is 0 Å². The summed E-state index contributed by atoms with van der Waals surface area (Å²) in [4.78, 5) is 23.9. The van der Waals surface area contributed by atoms with Crippen LogP contribution in [0.5, 0.6) is 0 Å². The first-order valence-electron chi connectivity index (χ1n) is 8.09. The van der Waals surface area contributed by atoms with Crippen molar-refractivity contribution >= 4 is 11.9 Å². The smallest absolute Gasteiger partial charge is 0.224 e. The van der Waals surface area contributed by atoms with Gasteiger partial charge in [-0.1, -0.05) is 19.8 Å². The second-order valence-electron chi connectivity index (χ2n) is 7.08. The van der Waals surface area contributed by atoms with Gasteiger partial charge < -0.3 is 15.2 Å². The van der Waals surface area contributed by atoms with Crippen molar-refractivity contribution in [1.29, 1.82) is 0 Å². The highest BCUT2D eigenvalue weighted by Crippen LogP contribution is 2.52. The van der Waals surface area contributed by atoms with E-state index in [1.165, 1.54) is 6.42 Å². The predicted octanol–water partition coefficient (Wildman–Crippen LogP) is 1.09. The molecule has 112 valence electrons. The number of hydrogen-bond donors (Lipinski definition) is 1. The van der Waals surface area contributed by atoms with E-state index in [1.54, 1.807) is 0 Å². The summed E-state index contributed by atoms with van der Waals surface area (Å²) in [5.74, 6) is -0.987. The minimum atomic E-state index is -1.02. The van der Waals surface area contributed by atoms with Gasteiger partial charge in [-0.3, -0.25) is 4.79 Å². The Morgan fingerprint density at radius 1 is 1.00 bits per heavy atom. The first-order chi connectivity index (χ1) is 9.58. The highest BCUT2D eigenvalue weighted by molar-refractivity contribution is 5.85. The van der Waals surface area contributed by atoms with Crippen molar-refractivity contribution < 1.29 is 14.7 Å². The van der Waals surface area contributed by atoms with Gasteiger partial charge in [0.2, 0.25) is 5.91 Å². The number of carbonyl (C=O) groups is 2. The lowest BCUT2D eigenvalue weighted by molar-refractivity contribution is -0.314. The van der Waals surface area contributed by atoms with E-state index in [0.29, 0.717) is 5.92 Å². The normalized spacial score (nSPS) is 43.5. The van der Waals surface area contributed by atoms with Gasteiger partial charge in [0.05, 0.1) is 0 Å². The maximum absolute atomic E-state index is 12.6. The molecule has 0 radical (unpaired) electrons. The molecule has 3 aliphatic carbocycles. The van der Waals surface area contributed by atoms with E-state index >= 15 is 0 Å². The monoisotopic (exact) mass is 278 g/mol. The van der Waals surface area contributed by atoms with Gasteiger partial charge in [-0.05, 0) is 49.9 Å². The summed E-state index contributed by atoms with van der Waals surface area (Å²) in [7, 11) is 0. The fourth-order valence-corrected chi connectivity index (χ4v) is 4.82. The van der Waals surface area contributed by atoms with Crippen LogP contribution in [0.25, 0.3) is 0 Å². The first-order valence-corrected chi connectivity index (χ1v) is 8.09. The SMILES string of the molecule is C[C@@H]1CCCC[C@H]1NC(=O)[C@@H]1[C@H]2CC[C@@H](C2)[C@@H]1C(=O)[O-]. The minimum absolute atomic E-state index is 0.0230. The van der Waals surface area contributed by atoms with E-state index in [1.807, 2.05) is 0 Å². The summed E-state index contributed by atoms with van der Waals surface area (Å²) < 4.78 is 0. The Balaban J connectivity index is 1.68. The number of fused-ring (bicyclic) bond motifs is 2. The molecular weight excluding hydrogens is 254 g/mol. The summed E-state index contributed by atoms with van der Waals surface area (Å²) in [6.45, 7) is 2.18. The largest absolute Gasteiger partial charge is 0.550 e. The molecule has 0 aromatic rings. The summed E-state index contributed by atoms with van der Waals surface area (Å²) in [5, 5.41) is 14.5. The number of aliphatic carboxylic acids is 1. The van der Waals surface area contributed by atoms with Crippen LogP contribution >= 0.6 is 0 Å². The molecule has 3 aliphatic rings. The van der Waals surface area contributed by atoms with Crippen molar-refractivity contribution in [1.82, 2.24) is 5.32 Å². The molecule has 20 heavy (non-hydrogen) atoms. The van der Waals surface area contributed by atoms with Crippen LogP contribution in [0.1, 0.15) is 51.9 Å². The average Bonchev–Trinajstić information content (AvgIpc) is 3.01. The Bertz CT molecular complexity index is 409. The Kier molecular flexibility index (Phi) is 3.74. The molecular formula is C16H24NO3-. The maximum atomic E-state index is 12.6. The van der Waals surface area contributed by atoms with Crippen molar-refractivity contribution in [3.63, 3.8) is 0 Å². The number of carboxylic acid groups (broad SMARTS) is 1. The lowest BCUT2D eigenvalue weighted by Crippen LogP contribution is -2.50. The van der Waals surface area contributed by atoms with E-state index in [-0.39, 0.29) is 29.7 Å². The van der Waals surface area contributed by atoms with Crippen molar-refractivity contribution in [2.75, 3.05) is 0 Å². The lowest BCUT2D eigenvalue weighted by atomic mass is 9.78. The predicted molar refractivity (Wildman–Crippen MR) is 72.4 cm³/mol. The van der Waals surface area contributed by atoms with Gasteiger partial charge in [0.15, 0.2) is 0 Å². The summed E-state index contributed by atoms with van der Waals surface area (Å²) in [6.07, 6.45) is 7.45. The first kappa shape index (κ1) is 13.9. The number of amides is 1. The fourth-order valence-electron chi connectivity index (χ4n) is 4.82. The van der Waals surface area contributed by atoms with Gasteiger partial charge in [-0.2, -0.15) is 0 Å². The molecule has 0 spiro atoms. The van der Waals surface area contributed by atoms with Gasteiger partial charge in [-0.25, -0.2) is 0 Å². The zero-order valence-corrected chi connectivity index (χ0v) is 12.1. The number of hydrogen-bond acceptors (Lipinski definition) is 3. The van der Waals surface area contributed by atoms with E-state index in [4.69, 9.17) is 0 Å². The van der Waals surface area contributed by atoms with Gasteiger partial charge in [0, 0.05) is 23.8 Å². The molecule has 4 heteroatoms. The van der Waals surface area contributed by atoms with E-state index < -0.39 is 11.9 Å². The molecule has 4 nitrogen and oxygen atoms in total. The van der Waals surface area contributed by atoms with Gasteiger partial charge in [0.1, 0.15) is 0 Å². The highest BCUT2D eigenvalue weighted by Gasteiger charge is 2.51. The van der Waals surface area contributed by atoms with Crippen molar-refractivity contribution in [3.8, 4) is 0 Å². The molecule has 0 aliphatic heterocycles. The molecule has 0 saturated heterocycles. The second kappa shape index (κ2) is 5.38. The van der Waals surface area contributed by atoms with Gasteiger partial charge >= 0.3 is 0 Å². The van der Waals surface area contributed by atoms with Crippen LogP contribution in [-0.2, 0) is 9.59 Å². The fraction of sp³-hybridized carbons (Fsp3) is 0.875. The Morgan fingerprint density at radius 3 is 2.30 bits per heavy atom. The average molecular weight is 278 g/mol. The maximum Gasteiger partial charge on any atom is 0.224 e. The summed E-state index contributed by atoms with van der Waals surface area (Å²) in [6, 6.07) is 0.234. The van der Waals surface area contributed by atoms with Crippen LogP contribution < -0.4 is 10.4 Å². The third-order valence-corrected chi connectivity index (χ3v) is 5.93. The van der Waals surface area contributed by atoms with Crippen LogP contribution in [-0.4, -0.2) is 17.9 Å². The van der Waals surface area contributed by atoms with E-state index in [2.05, 4.69) is 12.2 Å². The standard InChI is InChI=1S/C16H25NO3/c1-9-4-2-3-5-12(9)17-15(18)13-10-6-7-11(8-10)14(13)16(19)20/h9-14H,2-8H2,1H3,(H,17,18)(H,19,20)/p-1/t9-,10+,11+,12-,13-,14+/m1/s1. The van der Waals surface area contributed by atoms with Gasteiger partial charge in [0.25, 0.3) is 0 Å². The summed E-state index contributed by atoms with van der Waals surface area (Å²) >= 11 is 0. The highest BCUT2D eigenvalue weighted by atomic mass is 16.4. The molecule has 0 heterocycles. The zero-order chi connectivity index (χ0) is 14.3. The van der Waals surface area contributed by atoms with Crippen molar-refractivity contribution in [2.45, 2.75) is 57.9 Å². The van der Waals surface area contributed by atoms with Crippen molar-refractivity contribution in [3.05, 3.63) is 0 Å². The number of nitrogens with one attached hydrogen (secondary N) is 1. The molecule has 0 unspecified atom stereocenters. The van der Waals surface area contributed by atoms with Gasteiger partial charge in [-0.15, -0.1) is 0 Å². The molecule has 0 aromatic carbocycles. The number of carbonyl (C=O) groups excluding carboxylic acids is 2. The molecule has 1 N–H and O–H groups in total. The van der Waals surface area contributed by atoms with E-state index in [9.17, 15) is 14.7 Å². The molecule has 3 fully saturated rings. The molecule has 0 aromatic heterocycles. The lowest BCUT2D eigenvalue weighted by Gasteiger charge is -2.35. The third kappa shape index (κ3) is 2.33. The second-order valence-corrected chi connectivity index (χ2v) is 7.08. The summed E-state index contributed by atoms with van der Waals surface area (Å²) in [5.41, 5.74) is 0. The van der Waals surface area contributed by atoms with Crippen molar-refractivity contribution in [2.24, 2.45) is 29.6 Å². The Labute approximate surface area is 120 Å². The molecule has 6 atom stereocenters. The van der Waals surface area contributed by atoms with Crippen LogP contribution in [0.2, 0.25) is 0 Å². The van der Waals surface area contributed by atoms with E-state index in [0.717, 1.165) is 38.5 Å².